The zero-order chi connectivity index (χ0) is 10.4. The van der Waals surface area contributed by atoms with Crippen LogP contribution in [-0.4, -0.2) is 7.11 Å². The van der Waals surface area contributed by atoms with E-state index in [1.54, 1.807) is 13.2 Å². The third kappa shape index (κ3) is 3.49. The summed E-state index contributed by atoms with van der Waals surface area (Å²) in [6.45, 7) is 5.95. The average Bonchev–Trinajstić information content (AvgIpc) is 2.15. The van der Waals surface area contributed by atoms with Gasteiger partial charge in [0.05, 0.1) is 12.1 Å². The molecule has 0 bridgehead atoms. The molecule has 0 heterocycles. The first-order valence-electron chi connectivity index (χ1n) is 4.18. The summed E-state index contributed by atoms with van der Waals surface area (Å²) < 4.78 is 5.00. The molecule has 0 saturated heterocycles. The molecule has 1 rings (SSSR count). The summed E-state index contributed by atoms with van der Waals surface area (Å²) in [5.41, 5.74) is 1.05. The number of rotatable bonds is 1. The second-order valence-corrected chi connectivity index (χ2v) is 3.16. The predicted molar refractivity (Wildman–Crippen MR) is 61.3 cm³/mol. The first kappa shape index (κ1) is 12.7. The number of aryl methyl sites for hydroxylation is 1. The number of benzene rings is 1. The van der Waals surface area contributed by atoms with Gasteiger partial charge < -0.3 is 4.74 Å². The van der Waals surface area contributed by atoms with Crippen LogP contribution in [0.3, 0.4) is 0 Å². The van der Waals surface area contributed by atoms with Gasteiger partial charge in [-0.25, -0.2) is 0 Å². The molecule has 13 heavy (non-hydrogen) atoms. The number of halogens is 1. The van der Waals surface area contributed by atoms with Gasteiger partial charge in [-0.15, -0.1) is 12.6 Å². The van der Waals surface area contributed by atoms with Gasteiger partial charge in [0, 0.05) is 4.90 Å². The second-order valence-electron chi connectivity index (χ2n) is 2.27. The van der Waals surface area contributed by atoms with Crippen molar-refractivity contribution < 1.29 is 4.74 Å². The molecule has 0 N–H and O–H groups in total. The lowest BCUT2D eigenvalue weighted by Crippen LogP contribution is -1.85. The summed E-state index contributed by atoms with van der Waals surface area (Å²) in [4.78, 5) is 0.895. The van der Waals surface area contributed by atoms with Crippen molar-refractivity contribution in [2.45, 2.75) is 25.7 Å². The first-order chi connectivity index (χ1) is 6.15. The van der Waals surface area contributed by atoms with Crippen LogP contribution in [0.5, 0.6) is 5.75 Å². The Balaban J connectivity index is 0.000000671. The van der Waals surface area contributed by atoms with Crippen LogP contribution in [-0.2, 0) is 0 Å². The van der Waals surface area contributed by atoms with E-state index in [1.165, 1.54) is 0 Å². The van der Waals surface area contributed by atoms with Crippen LogP contribution in [0, 0.1) is 6.92 Å². The van der Waals surface area contributed by atoms with Crippen molar-refractivity contribution in [3.05, 3.63) is 22.7 Å². The highest BCUT2D eigenvalue weighted by Crippen LogP contribution is 2.29. The van der Waals surface area contributed by atoms with E-state index < -0.39 is 0 Å². The highest BCUT2D eigenvalue weighted by atomic mass is 35.5. The molecule has 1 nitrogen and oxygen atoms in total. The maximum Gasteiger partial charge on any atom is 0.138 e. The molecule has 0 aromatic heterocycles. The summed E-state index contributed by atoms with van der Waals surface area (Å²) >= 11 is 10.1. The summed E-state index contributed by atoms with van der Waals surface area (Å²) in [5, 5.41) is 0.628. The van der Waals surface area contributed by atoms with Crippen molar-refractivity contribution in [3.8, 4) is 5.75 Å². The molecule has 0 atom stereocenters. The summed E-state index contributed by atoms with van der Waals surface area (Å²) in [5.74, 6) is 0.669. The molecule has 1 aromatic carbocycles. The fourth-order valence-electron chi connectivity index (χ4n) is 0.799. The van der Waals surface area contributed by atoms with Gasteiger partial charge in [-0.3, -0.25) is 0 Å². The number of ether oxygens (including phenoxy) is 1. The molecule has 74 valence electrons. The van der Waals surface area contributed by atoms with Gasteiger partial charge in [-0.05, 0) is 24.6 Å². The Hall–Kier alpha value is -0.340. The highest BCUT2D eigenvalue weighted by molar-refractivity contribution is 7.80. The van der Waals surface area contributed by atoms with Crippen LogP contribution >= 0.6 is 24.2 Å². The van der Waals surface area contributed by atoms with Crippen LogP contribution in [0.25, 0.3) is 0 Å². The van der Waals surface area contributed by atoms with Gasteiger partial charge in [-0.1, -0.05) is 25.4 Å². The molecule has 3 heteroatoms. The zero-order valence-electron chi connectivity index (χ0n) is 8.39. The van der Waals surface area contributed by atoms with E-state index in [2.05, 4.69) is 12.6 Å². The van der Waals surface area contributed by atoms with E-state index in [0.717, 1.165) is 10.5 Å². The van der Waals surface area contributed by atoms with Crippen LogP contribution in [0.4, 0.5) is 0 Å². The fourth-order valence-corrected chi connectivity index (χ4v) is 1.28. The smallest absolute Gasteiger partial charge is 0.138 e. The van der Waals surface area contributed by atoms with Gasteiger partial charge in [0.1, 0.15) is 5.75 Å². The van der Waals surface area contributed by atoms with Gasteiger partial charge >= 0.3 is 0 Å². The van der Waals surface area contributed by atoms with Crippen molar-refractivity contribution in [2.75, 3.05) is 7.11 Å². The molecule has 0 amide bonds. The van der Waals surface area contributed by atoms with E-state index in [4.69, 9.17) is 16.3 Å². The summed E-state index contributed by atoms with van der Waals surface area (Å²) in [7, 11) is 1.59. The molecule has 0 saturated carbocycles. The quantitative estimate of drug-likeness (QED) is 0.702. The Labute approximate surface area is 90.5 Å². The molecule has 0 aliphatic rings. The molecule has 0 unspecified atom stereocenters. The third-order valence-corrected chi connectivity index (χ3v) is 2.25. The van der Waals surface area contributed by atoms with Crippen LogP contribution < -0.4 is 4.74 Å². The molecule has 0 aliphatic carbocycles. The first-order valence-corrected chi connectivity index (χ1v) is 5.00. The maximum absolute atomic E-state index is 5.84. The van der Waals surface area contributed by atoms with Crippen LogP contribution in [0.2, 0.25) is 5.02 Å². The minimum atomic E-state index is 0.628. The highest BCUT2D eigenvalue weighted by Gasteiger charge is 2.02. The molecule has 0 fully saturated rings. The molecule has 0 aliphatic heterocycles. The van der Waals surface area contributed by atoms with Crippen LogP contribution in [0.1, 0.15) is 19.4 Å². The SMILES string of the molecule is CC.COc1cc(S)c(C)cc1Cl. The third-order valence-electron chi connectivity index (χ3n) is 1.47. The molecule has 0 radical (unpaired) electrons. The Morgan fingerprint density at radius 1 is 1.31 bits per heavy atom. The Kier molecular flexibility index (Phi) is 6.00. The summed E-state index contributed by atoms with van der Waals surface area (Å²) in [6.07, 6.45) is 0. The van der Waals surface area contributed by atoms with Crippen molar-refractivity contribution in [2.24, 2.45) is 0 Å². The minimum Gasteiger partial charge on any atom is -0.495 e. The van der Waals surface area contributed by atoms with Crippen molar-refractivity contribution in [1.82, 2.24) is 0 Å². The predicted octanol–water partition coefficient (Wildman–Crippen LogP) is 3.97. The van der Waals surface area contributed by atoms with E-state index in [0.29, 0.717) is 10.8 Å². The maximum atomic E-state index is 5.84. The molecular formula is C10H15ClOS. The number of thiol groups is 1. The van der Waals surface area contributed by atoms with Gasteiger partial charge in [0.25, 0.3) is 0 Å². The van der Waals surface area contributed by atoms with E-state index in [1.807, 2.05) is 26.8 Å². The van der Waals surface area contributed by atoms with E-state index in [9.17, 15) is 0 Å². The van der Waals surface area contributed by atoms with Crippen molar-refractivity contribution >= 4 is 24.2 Å². The molecule has 0 spiro atoms. The van der Waals surface area contributed by atoms with Gasteiger partial charge in [0.2, 0.25) is 0 Å². The molecule has 1 aromatic rings. The summed E-state index contributed by atoms with van der Waals surface area (Å²) in [6, 6.07) is 3.64. The largest absolute Gasteiger partial charge is 0.495 e. The Bertz CT molecular complexity index is 274. The number of methoxy groups -OCH3 is 1. The lowest BCUT2D eigenvalue weighted by molar-refractivity contribution is 0.414. The van der Waals surface area contributed by atoms with Gasteiger partial charge in [-0.2, -0.15) is 0 Å². The van der Waals surface area contributed by atoms with Crippen molar-refractivity contribution in [3.63, 3.8) is 0 Å². The zero-order valence-corrected chi connectivity index (χ0v) is 10.0. The van der Waals surface area contributed by atoms with Crippen LogP contribution in [0.15, 0.2) is 17.0 Å². The topological polar surface area (TPSA) is 9.23 Å². The van der Waals surface area contributed by atoms with E-state index in [-0.39, 0.29) is 0 Å². The lowest BCUT2D eigenvalue weighted by Gasteiger charge is -2.05. The normalized spacial score (nSPS) is 8.77. The lowest BCUT2D eigenvalue weighted by atomic mass is 10.2. The minimum absolute atomic E-state index is 0.628. The monoisotopic (exact) mass is 218 g/mol. The Morgan fingerprint density at radius 3 is 2.31 bits per heavy atom. The second kappa shape index (κ2) is 6.17. The number of hydrogen-bond donors (Lipinski definition) is 1. The Morgan fingerprint density at radius 2 is 1.85 bits per heavy atom. The van der Waals surface area contributed by atoms with Crippen molar-refractivity contribution in [1.29, 1.82) is 0 Å². The van der Waals surface area contributed by atoms with E-state index >= 15 is 0 Å². The standard InChI is InChI=1S/C8H9ClOS.C2H6/c1-5-3-6(9)7(10-2)4-8(5)11;1-2/h3-4,11H,1-2H3;1-2H3. The fraction of sp³-hybridized carbons (Fsp3) is 0.400. The number of hydrogen-bond acceptors (Lipinski definition) is 2. The average molecular weight is 219 g/mol. The van der Waals surface area contributed by atoms with Gasteiger partial charge in [0.15, 0.2) is 0 Å². The molecular weight excluding hydrogens is 204 g/mol.